The van der Waals surface area contributed by atoms with E-state index in [4.69, 9.17) is 0 Å². The van der Waals surface area contributed by atoms with Crippen LogP contribution in [0.4, 0.5) is 8.78 Å². The predicted molar refractivity (Wildman–Crippen MR) is 33.0 cm³/mol. The SMILES string of the molecule is Cn1cc([C]=O)c(C(F)F)n1. The van der Waals surface area contributed by atoms with Crippen LogP contribution in [0.15, 0.2) is 6.20 Å². The van der Waals surface area contributed by atoms with Crippen molar-refractivity contribution in [1.29, 1.82) is 0 Å². The van der Waals surface area contributed by atoms with Crippen molar-refractivity contribution in [2.75, 3.05) is 0 Å². The molecule has 1 rings (SSSR count). The van der Waals surface area contributed by atoms with E-state index < -0.39 is 12.1 Å². The fraction of sp³-hybridized carbons (Fsp3) is 0.333. The standard InChI is InChI=1S/C6H5F2N2O/c1-10-2-4(3-11)5(9-10)6(7)8/h2,6H,1H3. The van der Waals surface area contributed by atoms with Gasteiger partial charge in [-0.25, -0.2) is 8.78 Å². The van der Waals surface area contributed by atoms with Gasteiger partial charge in [-0.3, -0.25) is 9.48 Å². The maximum absolute atomic E-state index is 12.0. The van der Waals surface area contributed by atoms with E-state index in [1.54, 1.807) is 0 Å². The Morgan fingerprint density at radius 2 is 2.36 bits per heavy atom. The van der Waals surface area contributed by atoms with E-state index in [1.807, 2.05) is 0 Å². The predicted octanol–water partition coefficient (Wildman–Crippen LogP) is 0.815. The summed E-state index contributed by atoms with van der Waals surface area (Å²) in [5.41, 5.74) is -0.690. The highest BCUT2D eigenvalue weighted by Crippen LogP contribution is 2.18. The molecular weight excluding hydrogens is 154 g/mol. The van der Waals surface area contributed by atoms with Crippen LogP contribution in [0.25, 0.3) is 0 Å². The molecule has 0 saturated carbocycles. The van der Waals surface area contributed by atoms with Gasteiger partial charge in [0.25, 0.3) is 6.43 Å². The molecule has 0 unspecified atom stereocenters. The van der Waals surface area contributed by atoms with E-state index in [0.29, 0.717) is 0 Å². The maximum atomic E-state index is 12.0. The van der Waals surface area contributed by atoms with Crippen LogP contribution in [-0.4, -0.2) is 16.1 Å². The van der Waals surface area contributed by atoms with E-state index in [0.717, 1.165) is 4.68 Å². The molecule has 0 aliphatic heterocycles. The Bertz CT molecular complexity index is 270. The van der Waals surface area contributed by atoms with Gasteiger partial charge in [0, 0.05) is 13.2 Å². The Morgan fingerprint density at radius 1 is 1.73 bits per heavy atom. The van der Waals surface area contributed by atoms with Gasteiger partial charge >= 0.3 is 0 Å². The quantitative estimate of drug-likeness (QED) is 0.640. The first-order valence-electron chi connectivity index (χ1n) is 2.85. The third-order valence-electron chi connectivity index (χ3n) is 1.17. The van der Waals surface area contributed by atoms with Gasteiger partial charge in [0.05, 0.1) is 5.56 Å². The average molecular weight is 159 g/mol. The molecule has 1 aromatic heterocycles. The summed E-state index contributed by atoms with van der Waals surface area (Å²) in [5, 5.41) is 3.39. The first-order valence-corrected chi connectivity index (χ1v) is 2.85. The molecule has 0 aliphatic rings. The van der Waals surface area contributed by atoms with Gasteiger partial charge in [0.15, 0.2) is 0 Å². The van der Waals surface area contributed by atoms with Gasteiger partial charge in [0.2, 0.25) is 6.29 Å². The summed E-state index contributed by atoms with van der Waals surface area (Å²) < 4.78 is 25.1. The van der Waals surface area contributed by atoms with Gasteiger partial charge in [-0.05, 0) is 0 Å². The summed E-state index contributed by atoms with van der Waals surface area (Å²) in [5.74, 6) is 0. The van der Waals surface area contributed by atoms with E-state index in [9.17, 15) is 13.6 Å². The van der Waals surface area contributed by atoms with E-state index >= 15 is 0 Å². The molecule has 0 aromatic carbocycles. The molecule has 0 atom stereocenters. The van der Waals surface area contributed by atoms with Crippen molar-refractivity contribution in [2.45, 2.75) is 6.43 Å². The zero-order valence-electron chi connectivity index (χ0n) is 5.71. The molecule has 3 nitrogen and oxygen atoms in total. The van der Waals surface area contributed by atoms with Crippen LogP contribution in [0.2, 0.25) is 0 Å². The Kier molecular flexibility index (Phi) is 1.98. The second-order valence-corrected chi connectivity index (χ2v) is 2.00. The minimum atomic E-state index is -2.72. The van der Waals surface area contributed by atoms with E-state index in [2.05, 4.69) is 5.10 Å². The highest BCUT2D eigenvalue weighted by Gasteiger charge is 2.16. The summed E-state index contributed by atoms with van der Waals surface area (Å²) in [4.78, 5) is 10.0. The van der Waals surface area contributed by atoms with Crippen LogP contribution < -0.4 is 0 Å². The van der Waals surface area contributed by atoms with Crippen molar-refractivity contribution >= 4 is 6.29 Å². The molecular formula is C6H5F2N2O. The zero-order valence-corrected chi connectivity index (χ0v) is 5.71. The lowest BCUT2D eigenvalue weighted by molar-refractivity contribution is 0.145. The number of rotatable bonds is 2. The normalized spacial score (nSPS) is 10.5. The maximum Gasteiger partial charge on any atom is 0.282 e. The number of aromatic nitrogens is 2. The van der Waals surface area contributed by atoms with Crippen LogP contribution in [0, 0.1) is 0 Å². The Labute approximate surface area is 61.6 Å². The van der Waals surface area contributed by atoms with Crippen molar-refractivity contribution < 1.29 is 13.6 Å². The van der Waals surface area contributed by atoms with Crippen molar-refractivity contribution in [3.63, 3.8) is 0 Å². The molecule has 11 heavy (non-hydrogen) atoms. The van der Waals surface area contributed by atoms with Crippen LogP contribution in [-0.2, 0) is 11.8 Å². The van der Waals surface area contributed by atoms with Crippen LogP contribution in [0.5, 0.6) is 0 Å². The molecule has 0 amide bonds. The van der Waals surface area contributed by atoms with Gasteiger partial charge < -0.3 is 0 Å². The summed E-state index contributed by atoms with van der Waals surface area (Å²) in [6, 6.07) is 0. The number of carbonyl (C=O) groups excluding carboxylic acids is 1. The smallest absolute Gasteiger partial charge is 0.282 e. The van der Waals surface area contributed by atoms with Gasteiger partial charge in [-0.2, -0.15) is 5.10 Å². The summed E-state index contributed by atoms with van der Waals surface area (Å²) in [6.07, 6.45) is -0.128. The fourth-order valence-electron chi connectivity index (χ4n) is 0.745. The average Bonchev–Trinajstić information content (AvgIpc) is 2.30. The second-order valence-electron chi connectivity index (χ2n) is 2.00. The van der Waals surface area contributed by atoms with Crippen LogP contribution in [0.3, 0.4) is 0 Å². The van der Waals surface area contributed by atoms with Gasteiger partial charge in [-0.1, -0.05) is 0 Å². The van der Waals surface area contributed by atoms with Gasteiger partial charge in [-0.15, -0.1) is 0 Å². The van der Waals surface area contributed by atoms with Crippen LogP contribution >= 0.6 is 0 Å². The lowest BCUT2D eigenvalue weighted by Gasteiger charge is -1.90. The van der Waals surface area contributed by atoms with Crippen molar-refractivity contribution in [1.82, 2.24) is 9.78 Å². The molecule has 1 aromatic rings. The molecule has 0 saturated heterocycles. The first-order chi connectivity index (χ1) is 5.15. The van der Waals surface area contributed by atoms with Gasteiger partial charge in [0.1, 0.15) is 5.69 Å². The largest absolute Gasteiger partial charge is 0.285 e. The number of hydrogen-bond donors (Lipinski definition) is 0. The number of nitrogens with zero attached hydrogens (tertiary/aromatic N) is 2. The Balaban J connectivity index is 3.11. The molecule has 0 bridgehead atoms. The molecule has 1 heterocycles. The zero-order chi connectivity index (χ0) is 8.43. The number of halogens is 2. The Hall–Kier alpha value is -1.26. The minimum absolute atomic E-state index is 0.178. The van der Waals surface area contributed by atoms with Crippen molar-refractivity contribution in [2.24, 2.45) is 7.05 Å². The van der Waals surface area contributed by atoms with Crippen LogP contribution in [0.1, 0.15) is 17.7 Å². The lowest BCUT2D eigenvalue weighted by Crippen LogP contribution is -1.92. The lowest BCUT2D eigenvalue weighted by atomic mass is 10.3. The third-order valence-corrected chi connectivity index (χ3v) is 1.17. The summed E-state index contributed by atoms with van der Waals surface area (Å²) >= 11 is 0. The topological polar surface area (TPSA) is 34.9 Å². The highest BCUT2D eigenvalue weighted by atomic mass is 19.3. The fourth-order valence-corrected chi connectivity index (χ4v) is 0.745. The molecule has 0 fully saturated rings. The third kappa shape index (κ3) is 1.42. The molecule has 1 radical (unpaired) electrons. The number of alkyl halides is 2. The van der Waals surface area contributed by atoms with Crippen molar-refractivity contribution in [3.05, 3.63) is 17.5 Å². The second kappa shape index (κ2) is 2.77. The number of hydrogen-bond acceptors (Lipinski definition) is 2. The Morgan fingerprint density at radius 3 is 2.73 bits per heavy atom. The van der Waals surface area contributed by atoms with E-state index in [1.165, 1.54) is 19.5 Å². The molecule has 0 aliphatic carbocycles. The highest BCUT2D eigenvalue weighted by molar-refractivity contribution is 5.76. The first kappa shape index (κ1) is 7.84. The minimum Gasteiger partial charge on any atom is -0.285 e. The number of aryl methyl sites for hydroxylation is 1. The molecule has 0 spiro atoms. The van der Waals surface area contributed by atoms with E-state index in [-0.39, 0.29) is 5.56 Å². The monoisotopic (exact) mass is 159 g/mol. The summed E-state index contributed by atoms with van der Waals surface area (Å²) in [7, 11) is 1.46. The molecule has 0 N–H and O–H groups in total. The van der Waals surface area contributed by atoms with Crippen molar-refractivity contribution in [3.8, 4) is 0 Å². The summed E-state index contributed by atoms with van der Waals surface area (Å²) in [6.45, 7) is 0. The molecule has 5 heteroatoms. The molecule has 59 valence electrons.